The number of carbonyl (C=O) groups is 1. The van der Waals surface area contributed by atoms with E-state index in [9.17, 15) is 4.79 Å². The summed E-state index contributed by atoms with van der Waals surface area (Å²) in [5.41, 5.74) is 0. The maximum absolute atomic E-state index is 9.56. The fraction of sp³-hybridized carbons (Fsp3) is 0.800. The first-order valence-corrected chi connectivity index (χ1v) is 1.37. The SMILES string of the molecule is C.C.CC(=O)CO. The summed E-state index contributed by atoms with van der Waals surface area (Å²) in [6.45, 7) is 1.000. The van der Waals surface area contributed by atoms with Gasteiger partial charge in [-0.3, -0.25) is 4.79 Å². The average molecular weight is 106 g/mol. The lowest BCUT2D eigenvalue weighted by Gasteiger charge is -1.72. The first-order valence-electron chi connectivity index (χ1n) is 1.37. The Balaban J connectivity index is -0.0000000800. The Hall–Kier alpha value is -0.370. The van der Waals surface area contributed by atoms with Crippen molar-refractivity contribution in [1.29, 1.82) is 0 Å². The second-order valence-electron chi connectivity index (χ2n) is 0.860. The van der Waals surface area contributed by atoms with Crippen molar-refractivity contribution in [3.63, 3.8) is 0 Å². The van der Waals surface area contributed by atoms with Gasteiger partial charge in [-0.2, -0.15) is 0 Å². The van der Waals surface area contributed by atoms with Gasteiger partial charge in [0.05, 0.1) is 0 Å². The van der Waals surface area contributed by atoms with Crippen LogP contribution >= 0.6 is 0 Å². The topological polar surface area (TPSA) is 37.3 Å². The van der Waals surface area contributed by atoms with Crippen LogP contribution in [0.5, 0.6) is 0 Å². The second-order valence-corrected chi connectivity index (χ2v) is 0.860. The van der Waals surface area contributed by atoms with E-state index in [0.29, 0.717) is 0 Å². The van der Waals surface area contributed by atoms with E-state index in [0.717, 1.165) is 0 Å². The van der Waals surface area contributed by atoms with Gasteiger partial charge in [-0.1, -0.05) is 14.9 Å². The zero-order chi connectivity index (χ0) is 4.28. The lowest BCUT2D eigenvalue weighted by Crippen LogP contribution is -1.93. The maximum Gasteiger partial charge on any atom is 0.155 e. The molecule has 0 atom stereocenters. The Morgan fingerprint density at radius 2 is 1.71 bits per heavy atom. The summed E-state index contributed by atoms with van der Waals surface area (Å²) in [7, 11) is 0. The predicted octanol–water partition coefficient (Wildman–Crippen LogP) is 0.840. The van der Waals surface area contributed by atoms with Crippen LogP contribution in [0.4, 0.5) is 0 Å². The van der Waals surface area contributed by atoms with Crippen LogP contribution in [0, 0.1) is 0 Å². The van der Waals surface area contributed by atoms with Gasteiger partial charge in [0.2, 0.25) is 0 Å². The van der Waals surface area contributed by atoms with Gasteiger partial charge in [-0.15, -0.1) is 0 Å². The molecule has 0 fully saturated rings. The van der Waals surface area contributed by atoms with E-state index in [1.807, 2.05) is 0 Å². The summed E-state index contributed by atoms with van der Waals surface area (Å²) in [6.07, 6.45) is 0. The average Bonchev–Trinajstić information content (AvgIpc) is 1.38. The number of aliphatic hydroxyl groups is 1. The van der Waals surface area contributed by atoms with E-state index in [-0.39, 0.29) is 27.2 Å². The van der Waals surface area contributed by atoms with Crippen molar-refractivity contribution in [2.75, 3.05) is 6.61 Å². The minimum atomic E-state index is -0.333. The monoisotopic (exact) mass is 106 g/mol. The van der Waals surface area contributed by atoms with Crippen LogP contribution in [0.1, 0.15) is 21.8 Å². The van der Waals surface area contributed by atoms with Gasteiger partial charge in [0.1, 0.15) is 6.61 Å². The fourth-order valence-electron chi connectivity index (χ4n) is 0. The third kappa shape index (κ3) is 27.9. The number of hydrogen-bond donors (Lipinski definition) is 1. The highest BCUT2D eigenvalue weighted by atomic mass is 16.3. The Labute approximate surface area is 45.2 Å². The summed E-state index contributed by atoms with van der Waals surface area (Å²) in [5, 5.41) is 7.79. The third-order valence-electron chi connectivity index (χ3n) is 0.223. The quantitative estimate of drug-likeness (QED) is 0.537. The first kappa shape index (κ1) is 15.9. The molecule has 0 spiro atoms. The number of ketones is 1. The van der Waals surface area contributed by atoms with Gasteiger partial charge >= 0.3 is 0 Å². The molecule has 0 aromatic heterocycles. The molecule has 46 valence electrons. The van der Waals surface area contributed by atoms with Crippen LogP contribution in [0.25, 0.3) is 0 Å². The highest BCUT2D eigenvalue weighted by Gasteiger charge is 1.78. The van der Waals surface area contributed by atoms with Gasteiger partial charge in [-0.05, 0) is 6.92 Å². The molecule has 0 unspecified atom stereocenters. The van der Waals surface area contributed by atoms with Crippen LogP contribution in [0.3, 0.4) is 0 Å². The molecule has 0 aliphatic carbocycles. The lowest BCUT2D eigenvalue weighted by atomic mass is 10.5. The highest BCUT2D eigenvalue weighted by molar-refractivity contribution is 5.76. The molecule has 1 N–H and O–H groups in total. The highest BCUT2D eigenvalue weighted by Crippen LogP contribution is 1.55. The van der Waals surface area contributed by atoms with Gasteiger partial charge in [0.25, 0.3) is 0 Å². The summed E-state index contributed by atoms with van der Waals surface area (Å²) < 4.78 is 0. The standard InChI is InChI=1S/C3H6O2.2CH4/c1-3(5)2-4;;/h4H,2H2,1H3;2*1H4. The molecule has 0 radical (unpaired) electrons. The lowest BCUT2D eigenvalue weighted by molar-refractivity contribution is -0.119. The number of rotatable bonds is 1. The van der Waals surface area contributed by atoms with Crippen LogP contribution in [-0.4, -0.2) is 17.5 Å². The molecule has 0 aliphatic heterocycles. The van der Waals surface area contributed by atoms with Gasteiger partial charge < -0.3 is 5.11 Å². The number of hydrogen-bond acceptors (Lipinski definition) is 2. The van der Waals surface area contributed by atoms with Crippen LogP contribution in [0.2, 0.25) is 0 Å². The molecule has 0 bridgehead atoms. The van der Waals surface area contributed by atoms with E-state index in [2.05, 4.69) is 0 Å². The summed E-state index contributed by atoms with van der Waals surface area (Å²) in [5.74, 6) is -0.190. The van der Waals surface area contributed by atoms with Gasteiger partial charge in [0.15, 0.2) is 5.78 Å². The summed E-state index contributed by atoms with van der Waals surface area (Å²) in [4.78, 5) is 9.56. The van der Waals surface area contributed by atoms with Crippen molar-refractivity contribution in [2.45, 2.75) is 21.8 Å². The predicted molar refractivity (Wildman–Crippen MR) is 31.2 cm³/mol. The third-order valence-corrected chi connectivity index (χ3v) is 0.223. The summed E-state index contributed by atoms with van der Waals surface area (Å²) in [6, 6.07) is 0. The molecule has 0 saturated carbocycles. The van der Waals surface area contributed by atoms with Crippen molar-refractivity contribution < 1.29 is 9.90 Å². The van der Waals surface area contributed by atoms with Crippen LogP contribution in [0.15, 0.2) is 0 Å². The normalized spacial score (nSPS) is 5.43. The molecule has 0 aromatic rings. The van der Waals surface area contributed by atoms with E-state index >= 15 is 0 Å². The van der Waals surface area contributed by atoms with E-state index in [4.69, 9.17) is 5.11 Å². The summed E-state index contributed by atoms with van der Waals surface area (Å²) >= 11 is 0. The molecule has 0 amide bonds. The Morgan fingerprint density at radius 1 is 1.57 bits per heavy atom. The Bertz CT molecular complexity index is 41.3. The molecule has 0 heterocycles. The minimum absolute atomic E-state index is 0. The number of Topliss-reactive ketones (excluding diaryl/α,β-unsaturated/α-hetero) is 1. The zero-order valence-electron chi connectivity index (χ0n) is 3.06. The molecule has 0 rings (SSSR count). The van der Waals surface area contributed by atoms with Crippen molar-refractivity contribution in [1.82, 2.24) is 0 Å². The van der Waals surface area contributed by atoms with Crippen molar-refractivity contribution in [2.24, 2.45) is 0 Å². The fourth-order valence-corrected chi connectivity index (χ4v) is 0. The van der Waals surface area contributed by atoms with Gasteiger partial charge in [-0.25, -0.2) is 0 Å². The number of carbonyl (C=O) groups excluding carboxylic acids is 1. The second kappa shape index (κ2) is 9.16. The molecular formula is C5H14O2. The van der Waals surface area contributed by atoms with E-state index < -0.39 is 0 Å². The molecule has 0 aliphatic rings. The van der Waals surface area contributed by atoms with Crippen molar-refractivity contribution in [3.8, 4) is 0 Å². The maximum atomic E-state index is 9.56. The zero-order valence-corrected chi connectivity index (χ0v) is 3.06. The molecule has 0 saturated heterocycles. The van der Waals surface area contributed by atoms with E-state index in [1.165, 1.54) is 6.92 Å². The molecule has 2 nitrogen and oxygen atoms in total. The van der Waals surface area contributed by atoms with Gasteiger partial charge in [0, 0.05) is 0 Å². The van der Waals surface area contributed by atoms with Crippen LogP contribution in [-0.2, 0) is 4.79 Å². The molecule has 0 aromatic carbocycles. The minimum Gasteiger partial charge on any atom is -0.389 e. The van der Waals surface area contributed by atoms with Crippen molar-refractivity contribution in [3.05, 3.63) is 0 Å². The molecular weight excluding hydrogens is 92.1 g/mol. The smallest absolute Gasteiger partial charge is 0.155 e. The largest absolute Gasteiger partial charge is 0.389 e. The van der Waals surface area contributed by atoms with E-state index in [1.54, 1.807) is 0 Å². The molecule has 2 heteroatoms. The van der Waals surface area contributed by atoms with Crippen molar-refractivity contribution >= 4 is 5.78 Å². The first-order chi connectivity index (χ1) is 2.27. The Kier molecular flexibility index (Phi) is 20.9. The Morgan fingerprint density at radius 3 is 1.71 bits per heavy atom. The molecule has 7 heavy (non-hydrogen) atoms. The number of aliphatic hydroxyl groups excluding tert-OH is 1. The van der Waals surface area contributed by atoms with Crippen LogP contribution < -0.4 is 0 Å².